The first kappa shape index (κ1) is 20.5. The summed E-state index contributed by atoms with van der Waals surface area (Å²) in [4.78, 5) is 37.5. The van der Waals surface area contributed by atoms with E-state index >= 15 is 0 Å². The third-order valence-corrected chi connectivity index (χ3v) is 6.05. The average molecular weight is 417 g/mol. The number of benzene rings is 2. The van der Waals surface area contributed by atoms with Crippen LogP contribution in [0.3, 0.4) is 0 Å². The molecule has 0 amide bonds. The van der Waals surface area contributed by atoms with Crippen LogP contribution >= 0.6 is 0 Å². The molecule has 0 saturated carbocycles. The summed E-state index contributed by atoms with van der Waals surface area (Å²) in [6.45, 7) is -0.0518. The van der Waals surface area contributed by atoms with Crippen molar-refractivity contribution in [2.45, 2.75) is 11.4 Å². The summed E-state index contributed by atoms with van der Waals surface area (Å²) in [6.07, 6.45) is 0. The number of nitrogens with one attached hydrogen (secondary N) is 1. The van der Waals surface area contributed by atoms with Crippen molar-refractivity contribution in [1.29, 1.82) is 0 Å². The third kappa shape index (κ3) is 3.71. The number of carbonyl (C=O) groups is 1. The first-order valence-corrected chi connectivity index (χ1v) is 10.0. The van der Waals surface area contributed by atoms with Crippen LogP contribution < -0.4 is 16.0 Å². The highest BCUT2D eigenvalue weighted by Crippen LogP contribution is 2.13. The lowest BCUT2D eigenvalue weighted by atomic mass is 10.1. The third-order valence-electron chi connectivity index (χ3n) is 4.62. The fourth-order valence-corrected chi connectivity index (χ4v) is 3.70. The molecule has 0 fully saturated rings. The fourth-order valence-electron chi connectivity index (χ4n) is 2.97. The van der Waals surface area contributed by atoms with Gasteiger partial charge in [-0.3, -0.25) is 13.9 Å². The van der Waals surface area contributed by atoms with Gasteiger partial charge >= 0.3 is 11.7 Å². The van der Waals surface area contributed by atoms with Crippen molar-refractivity contribution in [2.75, 3.05) is 14.2 Å². The highest BCUT2D eigenvalue weighted by atomic mass is 32.2. The Morgan fingerprint density at radius 3 is 2.34 bits per heavy atom. The maximum atomic E-state index is 12.9. The van der Waals surface area contributed by atoms with Gasteiger partial charge in [-0.05, 0) is 42.9 Å². The molecule has 0 spiro atoms. The Morgan fingerprint density at radius 2 is 1.76 bits per heavy atom. The predicted molar refractivity (Wildman–Crippen MR) is 107 cm³/mol. The van der Waals surface area contributed by atoms with Crippen LogP contribution in [0, 0.1) is 0 Å². The molecule has 1 N–H and O–H groups in total. The first-order chi connectivity index (χ1) is 13.7. The van der Waals surface area contributed by atoms with Gasteiger partial charge in [-0.2, -0.15) is 0 Å². The quantitative estimate of drug-likeness (QED) is 0.603. The van der Waals surface area contributed by atoms with Crippen molar-refractivity contribution in [2.24, 2.45) is 7.05 Å². The zero-order valence-corrected chi connectivity index (χ0v) is 16.8. The van der Waals surface area contributed by atoms with Gasteiger partial charge in [0.2, 0.25) is 10.0 Å². The molecule has 0 atom stereocenters. The van der Waals surface area contributed by atoms with Crippen LogP contribution in [0.2, 0.25) is 0 Å². The van der Waals surface area contributed by atoms with Crippen molar-refractivity contribution < 1.29 is 17.9 Å². The number of nitrogens with zero attached hydrogens (tertiary/aromatic N) is 2. The van der Waals surface area contributed by atoms with Gasteiger partial charge in [0.25, 0.3) is 5.56 Å². The molecule has 29 heavy (non-hydrogen) atoms. The summed E-state index contributed by atoms with van der Waals surface area (Å²) < 4.78 is 32.9. The summed E-state index contributed by atoms with van der Waals surface area (Å²) in [5.74, 6) is -0.590. The lowest BCUT2D eigenvalue weighted by Crippen LogP contribution is -2.39. The van der Waals surface area contributed by atoms with Gasteiger partial charge in [-0.25, -0.2) is 22.7 Å². The number of sulfonamides is 1. The Hall–Kier alpha value is -3.24. The molecule has 0 saturated heterocycles. The van der Waals surface area contributed by atoms with E-state index in [0.29, 0.717) is 11.1 Å². The number of hydrogen-bond acceptors (Lipinski definition) is 6. The molecule has 3 aromatic rings. The standard InChI is InChI=1S/C19H19N3O6S/c1-20-29(26,27)14-7-4-12(5-8-14)11-22-17(23)15-10-13(18(24)28-3)6-9-16(15)21(2)19(22)25/h4-10,20H,11H2,1-3H3. The minimum Gasteiger partial charge on any atom is -0.465 e. The number of aryl methyl sites for hydroxylation is 1. The lowest BCUT2D eigenvalue weighted by molar-refractivity contribution is 0.0601. The Kier molecular flexibility index (Phi) is 5.40. The Bertz CT molecular complexity index is 1320. The number of rotatable bonds is 5. The Labute approximate surface area is 166 Å². The number of methoxy groups -OCH3 is 1. The summed E-state index contributed by atoms with van der Waals surface area (Å²) in [5, 5.41) is 0.199. The maximum Gasteiger partial charge on any atom is 0.337 e. The van der Waals surface area contributed by atoms with Crippen LogP contribution in [0.4, 0.5) is 0 Å². The number of esters is 1. The second-order valence-electron chi connectivity index (χ2n) is 6.31. The second-order valence-corrected chi connectivity index (χ2v) is 8.19. The number of hydrogen-bond donors (Lipinski definition) is 1. The molecule has 9 nitrogen and oxygen atoms in total. The molecule has 3 rings (SSSR count). The predicted octanol–water partition coefficient (Wildman–Crippen LogP) is 0.443. The van der Waals surface area contributed by atoms with Crippen molar-refractivity contribution >= 4 is 26.9 Å². The van der Waals surface area contributed by atoms with Crippen LogP contribution in [0.15, 0.2) is 56.9 Å². The van der Waals surface area contributed by atoms with Crippen molar-refractivity contribution in [3.63, 3.8) is 0 Å². The van der Waals surface area contributed by atoms with Crippen LogP contribution in [0.1, 0.15) is 15.9 Å². The molecule has 0 aliphatic heterocycles. The van der Waals surface area contributed by atoms with E-state index < -0.39 is 27.2 Å². The number of ether oxygens (including phenoxy) is 1. The fraction of sp³-hybridized carbons (Fsp3) is 0.211. The molecule has 152 valence electrons. The average Bonchev–Trinajstić information content (AvgIpc) is 2.74. The van der Waals surface area contributed by atoms with Crippen molar-refractivity contribution in [3.05, 3.63) is 74.4 Å². The van der Waals surface area contributed by atoms with Crippen LogP contribution in [-0.4, -0.2) is 37.7 Å². The molecular weight excluding hydrogens is 398 g/mol. The van der Waals surface area contributed by atoms with Crippen LogP contribution in [-0.2, 0) is 28.4 Å². The van der Waals surface area contributed by atoms with E-state index in [2.05, 4.69) is 9.46 Å². The minimum atomic E-state index is -3.58. The molecule has 0 radical (unpaired) electrons. The number of fused-ring (bicyclic) bond motifs is 1. The van der Waals surface area contributed by atoms with E-state index in [9.17, 15) is 22.8 Å². The molecule has 10 heteroatoms. The van der Waals surface area contributed by atoms with Gasteiger partial charge in [0.05, 0.1) is 35.0 Å². The molecular formula is C19H19N3O6S. The molecule has 0 bridgehead atoms. The van der Waals surface area contributed by atoms with Gasteiger partial charge in [-0.15, -0.1) is 0 Å². The largest absolute Gasteiger partial charge is 0.465 e. The van der Waals surface area contributed by atoms with Crippen LogP contribution in [0.5, 0.6) is 0 Å². The van der Waals surface area contributed by atoms with E-state index in [1.165, 1.54) is 68.2 Å². The van der Waals surface area contributed by atoms with E-state index in [4.69, 9.17) is 0 Å². The van der Waals surface area contributed by atoms with Crippen molar-refractivity contribution in [1.82, 2.24) is 13.9 Å². The molecule has 0 aliphatic carbocycles. The van der Waals surface area contributed by atoms with Crippen molar-refractivity contribution in [3.8, 4) is 0 Å². The summed E-state index contributed by atoms with van der Waals surface area (Å²) in [5.41, 5.74) is 0.0760. The number of carbonyl (C=O) groups excluding carboxylic acids is 1. The summed E-state index contributed by atoms with van der Waals surface area (Å²) >= 11 is 0. The summed E-state index contributed by atoms with van der Waals surface area (Å²) in [7, 11) is 0.495. The maximum absolute atomic E-state index is 12.9. The number of aromatic nitrogens is 2. The summed E-state index contributed by atoms with van der Waals surface area (Å²) in [6, 6.07) is 10.3. The van der Waals surface area contributed by atoms with Gasteiger partial charge < -0.3 is 4.74 Å². The molecule has 1 aromatic heterocycles. The molecule has 1 heterocycles. The van der Waals surface area contributed by atoms with E-state index in [-0.39, 0.29) is 22.4 Å². The van der Waals surface area contributed by atoms with Gasteiger partial charge in [0.1, 0.15) is 0 Å². The minimum absolute atomic E-state index is 0.0518. The van der Waals surface area contributed by atoms with Gasteiger partial charge in [-0.1, -0.05) is 12.1 Å². The molecule has 2 aromatic carbocycles. The SMILES string of the molecule is CNS(=O)(=O)c1ccc(Cn2c(=O)c3cc(C(=O)OC)ccc3n(C)c2=O)cc1. The zero-order valence-electron chi connectivity index (χ0n) is 16.0. The first-order valence-electron chi connectivity index (χ1n) is 8.54. The zero-order chi connectivity index (χ0) is 21.3. The second kappa shape index (κ2) is 7.64. The van der Waals surface area contributed by atoms with E-state index in [1.54, 1.807) is 0 Å². The topological polar surface area (TPSA) is 116 Å². The normalized spacial score (nSPS) is 11.6. The van der Waals surface area contributed by atoms with E-state index in [0.717, 1.165) is 4.57 Å². The van der Waals surface area contributed by atoms with Gasteiger partial charge in [0.15, 0.2) is 0 Å². The van der Waals surface area contributed by atoms with E-state index in [1.807, 2.05) is 0 Å². The molecule has 0 unspecified atom stereocenters. The smallest absolute Gasteiger partial charge is 0.337 e. The monoisotopic (exact) mass is 417 g/mol. The lowest BCUT2D eigenvalue weighted by Gasteiger charge is -2.12. The Balaban J connectivity index is 2.11. The highest BCUT2D eigenvalue weighted by molar-refractivity contribution is 7.89. The Morgan fingerprint density at radius 1 is 1.10 bits per heavy atom. The van der Waals surface area contributed by atoms with Gasteiger partial charge in [0, 0.05) is 7.05 Å². The molecule has 0 aliphatic rings. The van der Waals surface area contributed by atoms with Crippen LogP contribution in [0.25, 0.3) is 10.9 Å². The highest BCUT2D eigenvalue weighted by Gasteiger charge is 2.15.